The van der Waals surface area contributed by atoms with Gasteiger partial charge in [0.25, 0.3) is 0 Å². The van der Waals surface area contributed by atoms with E-state index < -0.39 is 0 Å². The molecule has 3 amide bonds. The number of amides is 3. The zero-order valence-corrected chi connectivity index (χ0v) is 16.1. The molecule has 27 heavy (non-hydrogen) atoms. The lowest BCUT2D eigenvalue weighted by atomic mass is 10.0. The molecule has 2 heterocycles. The van der Waals surface area contributed by atoms with E-state index in [1.807, 2.05) is 11.8 Å². The van der Waals surface area contributed by atoms with Crippen LogP contribution in [0.25, 0.3) is 0 Å². The fraction of sp³-hybridized carbons (Fsp3) is 0.526. The predicted octanol–water partition coefficient (Wildman–Crippen LogP) is 2.53. The molecule has 2 fully saturated rings. The van der Waals surface area contributed by atoms with Crippen LogP contribution in [0.15, 0.2) is 24.3 Å². The largest absolute Gasteiger partial charge is 0.462 e. The van der Waals surface area contributed by atoms with E-state index in [4.69, 9.17) is 4.74 Å². The first kappa shape index (κ1) is 19.5. The quantitative estimate of drug-likeness (QED) is 0.359. The van der Waals surface area contributed by atoms with Crippen molar-refractivity contribution in [2.75, 3.05) is 17.7 Å². The third kappa shape index (κ3) is 5.15. The highest BCUT2D eigenvalue weighted by atomic mass is 32.2. The van der Waals surface area contributed by atoms with Gasteiger partial charge in [-0.15, -0.1) is 0 Å². The standard InChI is InChI=1S/C19H25N3O4S/c1-2-26-18(24)12-7-9-13(10-8-12)20-16(23)6-4-3-5-15-17-14(11-27-15)21-19(25)22-17/h7-10,14-15,17H,2-6,11H2,1H3,(H,20,23)(H2,21,22,25)/t14-,15-,17+/m0/s1. The van der Waals surface area contributed by atoms with Crippen LogP contribution in [0.3, 0.4) is 0 Å². The molecule has 0 saturated carbocycles. The fourth-order valence-corrected chi connectivity index (χ4v) is 4.95. The summed E-state index contributed by atoms with van der Waals surface area (Å²) in [7, 11) is 0. The second-order valence-corrected chi connectivity index (χ2v) is 7.99. The summed E-state index contributed by atoms with van der Waals surface area (Å²) >= 11 is 1.89. The molecule has 2 aliphatic rings. The van der Waals surface area contributed by atoms with Gasteiger partial charge in [-0.2, -0.15) is 11.8 Å². The molecule has 0 aromatic heterocycles. The molecule has 3 atom stereocenters. The van der Waals surface area contributed by atoms with Crippen LogP contribution in [0.1, 0.15) is 43.0 Å². The Morgan fingerprint density at radius 3 is 2.74 bits per heavy atom. The number of hydrogen-bond donors (Lipinski definition) is 3. The van der Waals surface area contributed by atoms with Gasteiger partial charge in [0.2, 0.25) is 5.91 Å². The summed E-state index contributed by atoms with van der Waals surface area (Å²) in [6, 6.07) is 7.09. The number of nitrogens with one attached hydrogen (secondary N) is 3. The number of unbranched alkanes of at least 4 members (excludes halogenated alkanes) is 1. The van der Waals surface area contributed by atoms with Gasteiger partial charge in [-0.05, 0) is 44.0 Å². The molecule has 8 heteroatoms. The lowest BCUT2D eigenvalue weighted by Crippen LogP contribution is -2.36. The minimum atomic E-state index is -0.365. The van der Waals surface area contributed by atoms with E-state index >= 15 is 0 Å². The van der Waals surface area contributed by atoms with Crippen LogP contribution in [0.5, 0.6) is 0 Å². The van der Waals surface area contributed by atoms with E-state index in [-0.39, 0.29) is 30.0 Å². The molecule has 0 spiro atoms. The van der Waals surface area contributed by atoms with Gasteiger partial charge < -0.3 is 20.7 Å². The Balaban J connectivity index is 1.35. The van der Waals surface area contributed by atoms with E-state index in [1.54, 1.807) is 31.2 Å². The SMILES string of the molecule is CCOC(=O)c1ccc(NC(=O)CCCC[C@@H]2SC[C@@H]3NC(=O)N[C@H]32)cc1. The van der Waals surface area contributed by atoms with Gasteiger partial charge in [-0.1, -0.05) is 6.42 Å². The maximum absolute atomic E-state index is 12.1. The van der Waals surface area contributed by atoms with Crippen molar-refractivity contribution < 1.29 is 19.1 Å². The number of ether oxygens (including phenoxy) is 1. The Bertz CT molecular complexity index is 695. The van der Waals surface area contributed by atoms with Crippen molar-refractivity contribution in [3.05, 3.63) is 29.8 Å². The minimum Gasteiger partial charge on any atom is -0.462 e. The Hall–Kier alpha value is -2.22. The van der Waals surface area contributed by atoms with E-state index in [2.05, 4.69) is 16.0 Å². The second kappa shape index (κ2) is 9.12. The molecule has 146 valence electrons. The van der Waals surface area contributed by atoms with Crippen LogP contribution in [0.4, 0.5) is 10.5 Å². The lowest BCUT2D eigenvalue weighted by Gasteiger charge is -2.16. The second-order valence-electron chi connectivity index (χ2n) is 6.71. The molecule has 2 aliphatic heterocycles. The highest BCUT2D eigenvalue weighted by molar-refractivity contribution is 8.00. The number of hydrogen-bond acceptors (Lipinski definition) is 5. The highest BCUT2D eigenvalue weighted by Gasteiger charge is 2.42. The third-order valence-corrected chi connectivity index (χ3v) is 6.27. The first-order valence-corrected chi connectivity index (χ1v) is 10.4. The number of carbonyl (C=O) groups is 3. The van der Waals surface area contributed by atoms with Crippen molar-refractivity contribution in [3.63, 3.8) is 0 Å². The van der Waals surface area contributed by atoms with Gasteiger partial charge >= 0.3 is 12.0 Å². The first-order valence-electron chi connectivity index (χ1n) is 9.32. The van der Waals surface area contributed by atoms with Gasteiger partial charge in [-0.25, -0.2) is 9.59 Å². The summed E-state index contributed by atoms with van der Waals surface area (Å²) in [5, 5.41) is 9.19. The number of fused-ring (bicyclic) bond motifs is 1. The van der Waals surface area contributed by atoms with Crippen LogP contribution >= 0.6 is 11.8 Å². The van der Waals surface area contributed by atoms with E-state index in [0.717, 1.165) is 25.0 Å². The van der Waals surface area contributed by atoms with Crippen LogP contribution < -0.4 is 16.0 Å². The summed E-state index contributed by atoms with van der Waals surface area (Å²) in [6.45, 7) is 2.10. The maximum atomic E-state index is 12.1. The van der Waals surface area contributed by atoms with Gasteiger partial charge in [-0.3, -0.25) is 4.79 Å². The topological polar surface area (TPSA) is 96.5 Å². The smallest absolute Gasteiger partial charge is 0.338 e. The maximum Gasteiger partial charge on any atom is 0.338 e. The van der Waals surface area contributed by atoms with Crippen molar-refractivity contribution >= 4 is 35.4 Å². The lowest BCUT2D eigenvalue weighted by molar-refractivity contribution is -0.116. The average molecular weight is 391 g/mol. The van der Waals surface area contributed by atoms with E-state index in [1.165, 1.54) is 0 Å². The zero-order valence-electron chi connectivity index (χ0n) is 15.3. The molecule has 3 rings (SSSR count). The summed E-state index contributed by atoms with van der Waals surface area (Å²) < 4.78 is 4.93. The molecule has 2 saturated heterocycles. The Kier molecular flexibility index (Phi) is 6.60. The van der Waals surface area contributed by atoms with Crippen molar-refractivity contribution in [3.8, 4) is 0 Å². The summed E-state index contributed by atoms with van der Waals surface area (Å²) in [4.78, 5) is 35.1. The minimum absolute atomic E-state index is 0.0355. The molecule has 1 aromatic rings. The van der Waals surface area contributed by atoms with E-state index in [9.17, 15) is 14.4 Å². The number of esters is 1. The molecular formula is C19H25N3O4S. The van der Waals surface area contributed by atoms with Crippen molar-refractivity contribution in [2.45, 2.75) is 49.9 Å². The molecule has 1 aromatic carbocycles. The van der Waals surface area contributed by atoms with Gasteiger partial charge in [0.05, 0.1) is 24.3 Å². The number of rotatable bonds is 8. The van der Waals surface area contributed by atoms with Crippen LogP contribution in [0, 0.1) is 0 Å². The molecule has 0 aliphatic carbocycles. The number of benzene rings is 1. The monoisotopic (exact) mass is 391 g/mol. The first-order chi connectivity index (χ1) is 13.1. The normalized spacial score (nSPS) is 23.3. The molecular weight excluding hydrogens is 366 g/mol. The van der Waals surface area contributed by atoms with E-state index in [0.29, 0.717) is 29.5 Å². The van der Waals surface area contributed by atoms with Crippen LogP contribution in [0.2, 0.25) is 0 Å². The Labute approximate surface area is 163 Å². The summed E-state index contributed by atoms with van der Waals surface area (Å²) in [6.07, 6.45) is 3.21. The van der Waals surface area contributed by atoms with Gasteiger partial charge in [0.1, 0.15) is 0 Å². The zero-order chi connectivity index (χ0) is 19.2. The molecule has 3 N–H and O–H groups in total. The number of urea groups is 1. The van der Waals surface area contributed by atoms with Crippen molar-refractivity contribution in [2.24, 2.45) is 0 Å². The molecule has 7 nitrogen and oxygen atoms in total. The highest BCUT2D eigenvalue weighted by Crippen LogP contribution is 2.33. The van der Waals surface area contributed by atoms with Crippen molar-refractivity contribution in [1.82, 2.24) is 10.6 Å². The molecule has 0 bridgehead atoms. The van der Waals surface area contributed by atoms with Crippen molar-refractivity contribution in [1.29, 1.82) is 0 Å². The Morgan fingerprint density at radius 1 is 1.22 bits per heavy atom. The fourth-order valence-electron chi connectivity index (χ4n) is 3.40. The number of thioether (sulfide) groups is 1. The Morgan fingerprint density at radius 2 is 2.00 bits per heavy atom. The van der Waals surface area contributed by atoms with Gasteiger partial charge in [0.15, 0.2) is 0 Å². The third-order valence-electron chi connectivity index (χ3n) is 4.76. The predicted molar refractivity (Wildman–Crippen MR) is 105 cm³/mol. The number of carbonyl (C=O) groups excluding carboxylic acids is 3. The summed E-state index contributed by atoms with van der Waals surface area (Å²) in [5.74, 6) is 0.554. The average Bonchev–Trinajstić information content (AvgIpc) is 3.19. The summed E-state index contributed by atoms with van der Waals surface area (Å²) in [5.41, 5.74) is 1.14. The number of anilines is 1. The van der Waals surface area contributed by atoms with Gasteiger partial charge in [0, 0.05) is 23.1 Å². The van der Waals surface area contributed by atoms with Crippen LogP contribution in [-0.2, 0) is 9.53 Å². The molecule has 0 unspecified atom stereocenters. The van der Waals surface area contributed by atoms with Crippen LogP contribution in [-0.4, -0.2) is 47.6 Å². The molecule has 0 radical (unpaired) electrons.